The zero-order valence-corrected chi connectivity index (χ0v) is 11.1. The molecule has 4 heteroatoms. The van der Waals surface area contributed by atoms with E-state index in [2.05, 4.69) is 0 Å². The molecule has 0 spiro atoms. The first kappa shape index (κ1) is 13.4. The van der Waals surface area contributed by atoms with E-state index in [1.165, 1.54) is 12.8 Å². The van der Waals surface area contributed by atoms with Crippen molar-refractivity contribution in [3.8, 4) is 0 Å². The van der Waals surface area contributed by atoms with Gasteiger partial charge in [0, 0.05) is 11.5 Å². The van der Waals surface area contributed by atoms with Gasteiger partial charge in [-0.1, -0.05) is 12.1 Å². The fourth-order valence-corrected chi connectivity index (χ4v) is 3.15. The fraction of sp³-hybridized carbons (Fsp3) is 0.500. The third kappa shape index (κ3) is 3.75. The van der Waals surface area contributed by atoms with Gasteiger partial charge in [0.15, 0.2) is 0 Å². The van der Waals surface area contributed by atoms with Crippen LogP contribution < -0.4 is 0 Å². The van der Waals surface area contributed by atoms with E-state index in [0.29, 0.717) is 11.7 Å². The normalized spacial score (nSPS) is 19.0. The summed E-state index contributed by atoms with van der Waals surface area (Å²) in [7, 11) is 0. The topological polar surface area (TPSA) is 46.5 Å². The van der Waals surface area contributed by atoms with Gasteiger partial charge in [0.05, 0.1) is 11.7 Å². The average Bonchev–Trinajstić information content (AvgIpc) is 2.88. The Hall–Kier alpha value is -1.00. The van der Waals surface area contributed by atoms with Crippen molar-refractivity contribution in [3.05, 3.63) is 29.8 Å². The van der Waals surface area contributed by atoms with Gasteiger partial charge in [0.2, 0.25) is 0 Å². The first-order valence-electron chi connectivity index (χ1n) is 6.34. The van der Waals surface area contributed by atoms with Crippen LogP contribution in [0.3, 0.4) is 0 Å². The van der Waals surface area contributed by atoms with E-state index >= 15 is 0 Å². The molecule has 1 fully saturated rings. The van der Waals surface area contributed by atoms with Crippen molar-refractivity contribution in [1.29, 1.82) is 0 Å². The van der Waals surface area contributed by atoms with E-state index in [0.717, 1.165) is 30.1 Å². The summed E-state index contributed by atoms with van der Waals surface area (Å²) in [6.45, 7) is 0.902. The summed E-state index contributed by atoms with van der Waals surface area (Å²) in [5.74, 6) is 0.0988. The molecule has 1 aromatic carbocycles. The van der Waals surface area contributed by atoms with E-state index in [1.807, 2.05) is 12.1 Å². The molecule has 2 rings (SSSR count). The zero-order valence-electron chi connectivity index (χ0n) is 10.3. The number of rotatable bonds is 6. The molecule has 0 radical (unpaired) electrons. The summed E-state index contributed by atoms with van der Waals surface area (Å²) in [6, 6.07) is 7.18. The molecule has 0 bridgehead atoms. The molecular formula is C14H18O3S. The first-order valence-corrected chi connectivity index (χ1v) is 7.32. The summed E-state index contributed by atoms with van der Waals surface area (Å²) in [4.78, 5) is 11.9. The SMILES string of the molecule is O=C(O)c1ccccc1SCCCC1CCCO1. The molecule has 98 valence electrons. The summed E-state index contributed by atoms with van der Waals surface area (Å²) >= 11 is 1.62. The lowest BCUT2D eigenvalue weighted by atomic mass is 10.1. The number of carbonyl (C=O) groups is 1. The van der Waals surface area contributed by atoms with Crippen LogP contribution in [0.2, 0.25) is 0 Å². The van der Waals surface area contributed by atoms with Crippen LogP contribution in [-0.2, 0) is 4.74 Å². The Labute approximate surface area is 112 Å². The van der Waals surface area contributed by atoms with Crippen LogP contribution in [0.1, 0.15) is 36.0 Å². The van der Waals surface area contributed by atoms with Gasteiger partial charge in [-0.15, -0.1) is 11.8 Å². The van der Waals surface area contributed by atoms with E-state index in [1.54, 1.807) is 23.9 Å². The maximum Gasteiger partial charge on any atom is 0.336 e. The highest BCUT2D eigenvalue weighted by Gasteiger charge is 2.15. The Bertz CT molecular complexity index is 400. The largest absolute Gasteiger partial charge is 0.478 e. The standard InChI is InChI=1S/C14H18O3S/c15-14(16)12-7-1-2-8-13(12)18-10-4-6-11-5-3-9-17-11/h1-2,7-8,11H,3-6,9-10H2,(H,15,16). The van der Waals surface area contributed by atoms with Gasteiger partial charge in [-0.25, -0.2) is 4.79 Å². The first-order chi connectivity index (χ1) is 8.77. The fourth-order valence-electron chi connectivity index (χ4n) is 2.13. The van der Waals surface area contributed by atoms with Crippen LogP contribution in [-0.4, -0.2) is 29.5 Å². The molecule has 3 nitrogen and oxygen atoms in total. The van der Waals surface area contributed by atoms with E-state index in [4.69, 9.17) is 9.84 Å². The van der Waals surface area contributed by atoms with Crippen LogP contribution in [0.5, 0.6) is 0 Å². The minimum Gasteiger partial charge on any atom is -0.478 e. The van der Waals surface area contributed by atoms with Crippen LogP contribution >= 0.6 is 11.8 Å². The van der Waals surface area contributed by atoms with Gasteiger partial charge in [-0.05, 0) is 43.6 Å². The Morgan fingerprint density at radius 2 is 2.28 bits per heavy atom. The van der Waals surface area contributed by atoms with Crippen molar-refractivity contribution in [1.82, 2.24) is 0 Å². The Balaban J connectivity index is 1.77. The predicted octanol–water partition coefficient (Wildman–Crippen LogP) is 3.44. The zero-order chi connectivity index (χ0) is 12.8. The molecule has 1 unspecified atom stereocenters. The van der Waals surface area contributed by atoms with Crippen molar-refractivity contribution >= 4 is 17.7 Å². The summed E-state index contributed by atoms with van der Waals surface area (Å²) in [6.07, 6.45) is 4.95. The average molecular weight is 266 g/mol. The van der Waals surface area contributed by atoms with Crippen molar-refractivity contribution in [2.24, 2.45) is 0 Å². The van der Waals surface area contributed by atoms with E-state index in [9.17, 15) is 4.79 Å². The number of thioether (sulfide) groups is 1. The molecule has 18 heavy (non-hydrogen) atoms. The summed E-state index contributed by atoms with van der Waals surface area (Å²) in [5.41, 5.74) is 0.402. The smallest absolute Gasteiger partial charge is 0.336 e. The predicted molar refractivity (Wildman–Crippen MR) is 72.3 cm³/mol. The Kier molecular flexibility index (Phi) is 5.08. The highest BCUT2D eigenvalue weighted by Crippen LogP contribution is 2.25. The third-order valence-electron chi connectivity index (χ3n) is 3.07. The van der Waals surface area contributed by atoms with Crippen LogP contribution in [0.4, 0.5) is 0 Å². The molecule has 1 saturated heterocycles. The Morgan fingerprint density at radius 3 is 3.00 bits per heavy atom. The molecule has 0 aliphatic carbocycles. The maximum absolute atomic E-state index is 11.0. The summed E-state index contributed by atoms with van der Waals surface area (Å²) in [5, 5.41) is 9.06. The summed E-state index contributed by atoms with van der Waals surface area (Å²) < 4.78 is 5.56. The number of hydrogen-bond donors (Lipinski definition) is 1. The van der Waals surface area contributed by atoms with Gasteiger partial charge in [0.25, 0.3) is 0 Å². The number of benzene rings is 1. The number of ether oxygens (including phenoxy) is 1. The van der Waals surface area contributed by atoms with Crippen LogP contribution in [0, 0.1) is 0 Å². The molecule has 1 atom stereocenters. The number of aromatic carboxylic acids is 1. The highest BCUT2D eigenvalue weighted by molar-refractivity contribution is 7.99. The molecular weight excluding hydrogens is 248 g/mol. The minimum absolute atomic E-state index is 0.402. The monoisotopic (exact) mass is 266 g/mol. The molecule has 0 aromatic heterocycles. The van der Waals surface area contributed by atoms with Crippen molar-refractivity contribution < 1.29 is 14.6 Å². The lowest BCUT2D eigenvalue weighted by Crippen LogP contribution is -2.04. The van der Waals surface area contributed by atoms with Crippen molar-refractivity contribution in [3.63, 3.8) is 0 Å². The molecule has 1 aromatic rings. The van der Waals surface area contributed by atoms with Gasteiger partial charge in [-0.3, -0.25) is 0 Å². The van der Waals surface area contributed by atoms with E-state index in [-0.39, 0.29) is 0 Å². The second-order valence-electron chi connectivity index (χ2n) is 4.43. The van der Waals surface area contributed by atoms with Crippen molar-refractivity contribution in [2.75, 3.05) is 12.4 Å². The van der Waals surface area contributed by atoms with E-state index < -0.39 is 5.97 Å². The number of carboxylic acids is 1. The van der Waals surface area contributed by atoms with Gasteiger partial charge in [0.1, 0.15) is 0 Å². The lowest BCUT2D eigenvalue weighted by Gasteiger charge is -2.09. The quantitative estimate of drug-likeness (QED) is 0.633. The highest BCUT2D eigenvalue weighted by atomic mass is 32.2. The van der Waals surface area contributed by atoms with Crippen molar-refractivity contribution in [2.45, 2.75) is 36.7 Å². The van der Waals surface area contributed by atoms with Crippen LogP contribution in [0.15, 0.2) is 29.2 Å². The lowest BCUT2D eigenvalue weighted by molar-refractivity contribution is 0.0693. The molecule has 0 saturated carbocycles. The molecule has 0 amide bonds. The molecule has 1 aliphatic rings. The number of carboxylic acid groups (broad SMARTS) is 1. The van der Waals surface area contributed by atoms with Gasteiger partial charge < -0.3 is 9.84 Å². The number of hydrogen-bond acceptors (Lipinski definition) is 3. The molecule has 1 aliphatic heterocycles. The van der Waals surface area contributed by atoms with Crippen LogP contribution in [0.25, 0.3) is 0 Å². The van der Waals surface area contributed by atoms with Gasteiger partial charge >= 0.3 is 5.97 Å². The molecule has 1 heterocycles. The second kappa shape index (κ2) is 6.81. The maximum atomic E-state index is 11.0. The molecule has 1 N–H and O–H groups in total. The minimum atomic E-state index is -0.850. The second-order valence-corrected chi connectivity index (χ2v) is 5.56. The van der Waals surface area contributed by atoms with Gasteiger partial charge in [-0.2, -0.15) is 0 Å². The Morgan fingerprint density at radius 1 is 1.44 bits per heavy atom. The third-order valence-corrected chi connectivity index (χ3v) is 4.23.